The highest BCUT2D eigenvalue weighted by atomic mass is 35.5. The van der Waals surface area contributed by atoms with Crippen molar-refractivity contribution in [1.82, 2.24) is 0 Å². The van der Waals surface area contributed by atoms with E-state index in [2.05, 4.69) is 0 Å². The number of hydrogen-bond donors (Lipinski definition) is 0. The lowest BCUT2D eigenvalue weighted by Crippen LogP contribution is -2.30. The Balaban J connectivity index is 2.09. The van der Waals surface area contributed by atoms with Crippen molar-refractivity contribution in [2.45, 2.75) is 24.5 Å². The van der Waals surface area contributed by atoms with Gasteiger partial charge in [0.1, 0.15) is 5.37 Å². The second-order valence-electron chi connectivity index (χ2n) is 5.29. The van der Waals surface area contributed by atoms with Crippen LogP contribution < -0.4 is 4.90 Å². The molecule has 22 heavy (non-hydrogen) atoms. The second kappa shape index (κ2) is 6.15. The highest BCUT2D eigenvalue weighted by Crippen LogP contribution is 2.48. The predicted molar refractivity (Wildman–Crippen MR) is 94.9 cm³/mol. The maximum Gasteiger partial charge on any atom is 0.241 e. The molecule has 0 N–H and O–H groups in total. The second-order valence-corrected chi connectivity index (χ2v) is 7.56. The van der Waals surface area contributed by atoms with Crippen LogP contribution in [0.2, 0.25) is 10.0 Å². The number of rotatable bonds is 2. The topological polar surface area (TPSA) is 20.3 Å². The van der Waals surface area contributed by atoms with Gasteiger partial charge in [0.05, 0.1) is 5.25 Å². The van der Waals surface area contributed by atoms with Gasteiger partial charge in [-0.15, -0.1) is 11.8 Å². The Kier molecular flexibility index (Phi) is 4.40. The molecule has 0 aromatic heterocycles. The van der Waals surface area contributed by atoms with Gasteiger partial charge in [-0.3, -0.25) is 9.69 Å². The average Bonchev–Trinajstić information content (AvgIpc) is 2.75. The third-order valence-electron chi connectivity index (χ3n) is 3.76. The molecule has 2 aromatic rings. The van der Waals surface area contributed by atoms with Crippen molar-refractivity contribution in [2.24, 2.45) is 0 Å². The van der Waals surface area contributed by atoms with Crippen molar-refractivity contribution in [2.75, 3.05) is 4.90 Å². The molecule has 0 bridgehead atoms. The summed E-state index contributed by atoms with van der Waals surface area (Å²) < 4.78 is 0. The molecule has 1 aliphatic heterocycles. The van der Waals surface area contributed by atoms with Gasteiger partial charge in [0.2, 0.25) is 5.91 Å². The highest BCUT2D eigenvalue weighted by Gasteiger charge is 2.40. The molecular weight excluding hydrogens is 337 g/mol. The number of carbonyl (C=O) groups excluding carboxylic acids is 1. The Hall–Kier alpha value is -1.16. The van der Waals surface area contributed by atoms with Crippen LogP contribution in [0.1, 0.15) is 23.4 Å². The van der Waals surface area contributed by atoms with E-state index < -0.39 is 0 Å². The molecule has 2 nitrogen and oxygen atoms in total. The van der Waals surface area contributed by atoms with Crippen LogP contribution in [0.25, 0.3) is 0 Å². The number of carbonyl (C=O) groups is 1. The summed E-state index contributed by atoms with van der Waals surface area (Å²) in [6.07, 6.45) is 0. The fourth-order valence-electron chi connectivity index (χ4n) is 2.62. The summed E-state index contributed by atoms with van der Waals surface area (Å²) in [6, 6.07) is 13.3. The van der Waals surface area contributed by atoms with Gasteiger partial charge in [-0.25, -0.2) is 0 Å². The lowest BCUT2D eigenvalue weighted by atomic mass is 10.1. The van der Waals surface area contributed by atoms with Crippen LogP contribution in [0, 0.1) is 6.92 Å². The van der Waals surface area contributed by atoms with Gasteiger partial charge in [0.25, 0.3) is 0 Å². The minimum absolute atomic E-state index is 0.101. The Morgan fingerprint density at radius 1 is 1.14 bits per heavy atom. The molecule has 0 spiro atoms. The number of aryl methyl sites for hydroxylation is 1. The standard InChI is InChI=1S/C17H15Cl2NOS/c1-10-5-3-4-6-15(10)20-16(21)11(2)22-17(20)13-8-7-12(18)9-14(13)19/h3-9,11,17H,1-2H3. The molecule has 2 atom stereocenters. The SMILES string of the molecule is Cc1ccccc1N1C(=O)C(C)SC1c1ccc(Cl)cc1Cl. The van der Waals surface area contributed by atoms with E-state index in [-0.39, 0.29) is 16.5 Å². The van der Waals surface area contributed by atoms with Gasteiger partial charge in [-0.05, 0) is 37.6 Å². The zero-order valence-corrected chi connectivity index (χ0v) is 14.5. The first kappa shape index (κ1) is 15.7. The maximum absolute atomic E-state index is 12.7. The number of anilines is 1. The Labute approximate surface area is 144 Å². The van der Waals surface area contributed by atoms with Crippen molar-refractivity contribution < 1.29 is 4.79 Å². The lowest BCUT2D eigenvalue weighted by Gasteiger charge is -2.26. The molecule has 0 radical (unpaired) electrons. The van der Waals surface area contributed by atoms with E-state index in [0.717, 1.165) is 16.8 Å². The van der Waals surface area contributed by atoms with Crippen LogP contribution in [-0.4, -0.2) is 11.2 Å². The van der Waals surface area contributed by atoms with E-state index in [0.29, 0.717) is 10.0 Å². The average molecular weight is 352 g/mol. The molecule has 0 saturated carbocycles. The normalized spacial score (nSPS) is 21.5. The molecule has 114 valence electrons. The number of hydrogen-bond acceptors (Lipinski definition) is 2. The van der Waals surface area contributed by atoms with E-state index in [1.807, 2.05) is 55.1 Å². The van der Waals surface area contributed by atoms with Crippen molar-refractivity contribution in [3.8, 4) is 0 Å². The van der Waals surface area contributed by atoms with E-state index in [1.54, 1.807) is 17.8 Å². The number of para-hydroxylation sites is 1. The minimum atomic E-state index is -0.131. The maximum atomic E-state index is 12.7. The van der Waals surface area contributed by atoms with E-state index in [4.69, 9.17) is 23.2 Å². The van der Waals surface area contributed by atoms with Crippen LogP contribution in [0.4, 0.5) is 5.69 Å². The molecule has 1 aliphatic rings. The summed E-state index contributed by atoms with van der Waals surface area (Å²) >= 11 is 14.0. The largest absolute Gasteiger partial charge is 0.294 e. The molecule has 5 heteroatoms. The zero-order valence-electron chi connectivity index (χ0n) is 12.2. The van der Waals surface area contributed by atoms with Gasteiger partial charge in [-0.1, -0.05) is 47.5 Å². The van der Waals surface area contributed by atoms with Gasteiger partial charge in [0, 0.05) is 21.3 Å². The summed E-state index contributed by atoms with van der Waals surface area (Å²) in [7, 11) is 0. The quantitative estimate of drug-likeness (QED) is 0.714. The third-order valence-corrected chi connectivity index (χ3v) is 5.65. The molecule has 1 amide bonds. The van der Waals surface area contributed by atoms with Crippen LogP contribution >= 0.6 is 35.0 Å². The molecule has 2 unspecified atom stereocenters. The predicted octanol–water partition coefficient (Wildman–Crippen LogP) is 5.47. The summed E-state index contributed by atoms with van der Waals surface area (Å²) in [5.41, 5.74) is 2.91. The van der Waals surface area contributed by atoms with Crippen LogP contribution in [0.15, 0.2) is 42.5 Å². The summed E-state index contributed by atoms with van der Waals surface area (Å²) in [4.78, 5) is 14.5. The van der Waals surface area contributed by atoms with Crippen molar-refractivity contribution >= 4 is 46.6 Å². The summed E-state index contributed by atoms with van der Waals surface area (Å²) in [6.45, 7) is 3.94. The Morgan fingerprint density at radius 3 is 2.55 bits per heavy atom. The fourth-order valence-corrected chi connectivity index (χ4v) is 4.50. The number of thioether (sulfide) groups is 1. The third kappa shape index (κ3) is 2.73. The number of benzene rings is 2. The summed E-state index contributed by atoms with van der Waals surface area (Å²) in [5, 5.41) is 0.953. The lowest BCUT2D eigenvalue weighted by molar-refractivity contribution is -0.117. The van der Waals surface area contributed by atoms with Gasteiger partial charge in [0.15, 0.2) is 0 Å². The Morgan fingerprint density at radius 2 is 1.86 bits per heavy atom. The summed E-state index contributed by atoms with van der Waals surface area (Å²) in [5.74, 6) is 0.107. The molecule has 1 heterocycles. The van der Waals surface area contributed by atoms with E-state index in [1.165, 1.54) is 0 Å². The van der Waals surface area contributed by atoms with Crippen molar-refractivity contribution in [1.29, 1.82) is 0 Å². The number of amides is 1. The van der Waals surface area contributed by atoms with Gasteiger partial charge < -0.3 is 0 Å². The van der Waals surface area contributed by atoms with E-state index in [9.17, 15) is 4.79 Å². The van der Waals surface area contributed by atoms with Gasteiger partial charge in [-0.2, -0.15) is 0 Å². The first-order valence-electron chi connectivity index (χ1n) is 6.98. The monoisotopic (exact) mass is 351 g/mol. The van der Waals surface area contributed by atoms with Crippen LogP contribution in [-0.2, 0) is 4.79 Å². The first-order chi connectivity index (χ1) is 10.5. The van der Waals surface area contributed by atoms with Crippen molar-refractivity contribution in [3.05, 3.63) is 63.6 Å². The number of nitrogens with zero attached hydrogens (tertiary/aromatic N) is 1. The molecule has 0 aliphatic carbocycles. The van der Waals surface area contributed by atoms with E-state index >= 15 is 0 Å². The molecular formula is C17H15Cl2NOS. The molecule has 1 fully saturated rings. The molecule has 3 rings (SSSR count). The van der Waals surface area contributed by atoms with Crippen LogP contribution in [0.5, 0.6) is 0 Å². The molecule has 1 saturated heterocycles. The fraction of sp³-hybridized carbons (Fsp3) is 0.235. The number of halogens is 2. The van der Waals surface area contributed by atoms with Crippen molar-refractivity contribution in [3.63, 3.8) is 0 Å². The Bertz CT molecular complexity index is 734. The first-order valence-corrected chi connectivity index (χ1v) is 8.68. The van der Waals surface area contributed by atoms with Crippen LogP contribution in [0.3, 0.4) is 0 Å². The van der Waals surface area contributed by atoms with Gasteiger partial charge >= 0.3 is 0 Å². The zero-order chi connectivity index (χ0) is 15.9. The smallest absolute Gasteiger partial charge is 0.241 e. The molecule has 2 aromatic carbocycles. The minimum Gasteiger partial charge on any atom is -0.294 e. The highest BCUT2D eigenvalue weighted by molar-refractivity contribution is 8.01.